The average Bonchev–Trinajstić information content (AvgIpc) is 2.16. The van der Waals surface area contributed by atoms with E-state index in [2.05, 4.69) is 0 Å². The highest BCUT2D eigenvalue weighted by molar-refractivity contribution is 7.73. The van der Waals surface area contributed by atoms with Crippen molar-refractivity contribution in [2.24, 2.45) is 0 Å². The Kier molecular flexibility index (Phi) is 3.54. The number of benzene rings is 1. The first-order chi connectivity index (χ1) is 6.81. The van der Waals surface area contributed by atoms with E-state index in [0.29, 0.717) is 0 Å². The van der Waals surface area contributed by atoms with Gasteiger partial charge in [-0.05, 0) is 32.4 Å². The van der Waals surface area contributed by atoms with Crippen molar-refractivity contribution in [2.75, 3.05) is 6.66 Å². The van der Waals surface area contributed by atoms with Gasteiger partial charge in [0.05, 0.1) is 5.60 Å². The molecule has 1 aromatic carbocycles. The Morgan fingerprint density at radius 2 is 1.80 bits per heavy atom. The van der Waals surface area contributed by atoms with Gasteiger partial charge in [0, 0.05) is 5.30 Å². The van der Waals surface area contributed by atoms with Crippen molar-refractivity contribution in [3.05, 3.63) is 42.2 Å². The second kappa shape index (κ2) is 4.34. The van der Waals surface area contributed by atoms with Gasteiger partial charge in [-0.15, -0.1) is 0 Å². The minimum absolute atomic E-state index is 0.811. The Morgan fingerprint density at radius 3 is 2.27 bits per heavy atom. The highest BCUT2D eigenvalue weighted by Gasteiger charge is 2.16. The van der Waals surface area contributed by atoms with Crippen LogP contribution in [0.25, 0.3) is 0 Å². The standard InChI is InChI=1S/C12H17O2P/c1-12(2,13)9-10-15(3,14)11-7-5-4-6-8-11/h4-10,13H,1-3H3. The molecule has 0 amide bonds. The zero-order chi connectivity index (χ0) is 11.5. The molecule has 1 atom stereocenters. The highest BCUT2D eigenvalue weighted by Crippen LogP contribution is 2.41. The van der Waals surface area contributed by atoms with Crippen LogP contribution in [-0.2, 0) is 4.57 Å². The fourth-order valence-electron chi connectivity index (χ4n) is 1.13. The van der Waals surface area contributed by atoms with E-state index in [9.17, 15) is 9.67 Å². The van der Waals surface area contributed by atoms with Crippen molar-refractivity contribution >= 4 is 12.4 Å². The van der Waals surface area contributed by atoms with Crippen LogP contribution in [0.15, 0.2) is 42.2 Å². The van der Waals surface area contributed by atoms with Crippen LogP contribution in [0, 0.1) is 0 Å². The van der Waals surface area contributed by atoms with Crippen LogP contribution in [-0.4, -0.2) is 17.4 Å². The summed E-state index contributed by atoms with van der Waals surface area (Å²) in [6.07, 6.45) is 1.58. The Hall–Kier alpha value is -0.850. The lowest BCUT2D eigenvalue weighted by molar-refractivity contribution is 0.133. The van der Waals surface area contributed by atoms with Crippen LogP contribution in [0.4, 0.5) is 0 Å². The van der Waals surface area contributed by atoms with Gasteiger partial charge in [0.1, 0.15) is 7.14 Å². The molecule has 0 heterocycles. The first kappa shape index (κ1) is 12.2. The third-order valence-electron chi connectivity index (χ3n) is 2.04. The molecule has 2 nitrogen and oxygen atoms in total. The van der Waals surface area contributed by atoms with Gasteiger partial charge in [0.2, 0.25) is 0 Å². The van der Waals surface area contributed by atoms with E-state index in [1.54, 1.807) is 32.4 Å². The molecule has 0 fully saturated rings. The summed E-state index contributed by atoms with van der Waals surface area (Å²) in [5.74, 6) is 1.61. The lowest BCUT2D eigenvalue weighted by Gasteiger charge is -2.13. The maximum absolute atomic E-state index is 12.3. The van der Waals surface area contributed by atoms with Crippen LogP contribution in [0.1, 0.15) is 13.8 Å². The molecule has 0 aliphatic carbocycles. The molecule has 0 aliphatic heterocycles. The van der Waals surface area contributed by atoms with E-state index in [1.807, 2.05) is 30.3 Å². The predicted octanol–water partition coefficient (Wildman–Crippen LogP) is 2.59. The lowest BCUT2D eigenvalue weighted by atomic mass is 10.1. The van der Waals surface area contributed by atoms with Gasteiger partial charge >= 0.3 is 0 Å². The minimum atomic E-state index is -2.48. The van der Waals surface area contributed by atoms with Gasteiger partial charge in [0.25, 0.3) is 0 Å². The summed E-state index contributed by atoms with van der Waals surface area (Å²) >= 11 is 0. The van der Waals surface area contributed by atoms with Gasteiger partial charge in [-0.25, -0.2) is 0 Å². The summed E-state index contributed by atoms with van der Waals surface area (Å²) in [7, 11) is -2.48. The molecule has 15 heavy (non-hydrogen) atoms. The summed E-state index contributed by atoms with van der Waals surface area (Å²) in [4.78, 5) is 0. The molecule has 3 heteroatoms. The number of rotatable bonds is 3. The van der Waals surface area contributed by atoms with Crippen molar-refractivity contribution < 1.29 is 9.67 Å². The maximum Gasteiger partial charge on any atom is 0.133 e. The summed E-state index contributed by atoms with van der Waals surface area (Å²) in [5, 5.41) is 10.3. The molecular formula is C12H17O2P. The molecule has 1 N–H and O–H groups in total. The van der Waals surface area contributed by atoms with E-state index in [-0.39, 0.29) is 0 Å². The van der Waals surface area contributed by atoms with E-state index < -0.39 is 12.7 Å². The van der Waals surface area contributed by atoms with Crippen LogP contribution >= 0.6 is 7.14 Å². The van der Waals surface area contributed by atoms with Gasteiger partial charge < -0.3 is 9.67 Å². The SMILES string of the molecule is CC(C)(O)C=CP(C)(=O)c1ccccc1. The fraction of sp³-hybridized carbons (Fsp3) is 0.333. The predicted molar refractivity (Wildman–Crippen MR) is 65.0 cm³/mol. The van der Waals surface area contributed by atoms with Crippen molar-refractivity contribution in [2.45, 2.75) is 19.4 Å². The maximum atomic E-state index is 12.3. The van der Waals surface area contributed by atoms with Crippen molar-refractivity contribution in [3.63, 3.8) is 0 Å². The lowest BCUT2D eigenvalue weighted by Crippen LogP contribution is -2.14. The quantitative estimate of drug-likeness (QED) is 0.801. The van der Waals surface area contributed by atoms with Gasteiger partial charge in [-0.2, -0.15) is 0 Å². The molecule has 1 rings (SSSR count). The van der Waals surface area contributed by atoms with Crippen molar-refractivity contribution in [3.8, 4) is 0 Å². The monoisotopic (exact) mass is 224 g/mol. The number of aliphatic hydroxyl groups is 1. The molecule has 82 valence electrons. The Morgan fingerprint density at radius 1 is 1.27 bits per heavy atom. The van der Waals surface area contributed by atoms with Crippen LogP contribution in [0.5, 0.6) is 0 Å². The van der Waals surface area contributed by atoms with E-state index in [0.717, 1.165) is 5.30 Å². The van der Waals surface area contributed by atoms with Gasteiger partial charge in [0.15, 0.2) is 0 Å². The number of hydrogen-bond acceptors (Lipinski definition) is 2. The zero-order valence-electron chi connectivity index (χ0n) is 9.34. The zero-order valence-corrected chi connectivity index (χ0v) is 10.2. The third kappa shape index (κ3) is 4.03. The Balaban J connectivity index is 2.95. The highest BCUT2D eigenvalue weighted by atomic mass is 31.2. The summed E-state index contributed by atoms with van der Waals surface area (Å²) in [6, 6.07) is 9.31. The normalized spacial score (nSPS) is 16.5. The fourth-order valence-corrected chi connectivity index (χ4v) is 2.72. The molecule has 1 aromatic rings. The molecule has 0 bridgehead atoms. The van der Waals surface area contributed by atoms with Crippen molar-refractivity contribution in [1.29, 1.82) is 0 Å². The summed E-state index contributed by atoms with van der Waals surface area (Å²) in [6.45, 7) is 5.02. The summed E-state index contributed by atoms with van der Waals surface area (Å²) < 4.78 is 12.3. The first-order valence-electron chi connectivity index (χ1n) is 4.87. The smallest absolute Gasteiger partial charge is 0.133 e. The van der Waals surface area contributed by atoms with E-state index in [1.165, 1.54) is 0 Å². The average molecular weight is 224 g/mol. The molecule has 0 radical (unpaired) electrons. The molecule has 0 saturated heterocycles. The largest absolute Gasteiger partial charge is 0.386 e. The van der Waals surface area contributed by atoms with Crippen molar-refractivity contribution in [1.82, 2.24) is 0 Å². The summed E-state index contributed by atoms with van der Waals surface area (Å²) in [5.41, 5.74) is -0.916. The number of hydrogen-bond donors (Lipinski definition) is 1. The molecule has 0 spiro atoms. The van der Waals surface area contributed by atoms with Crippen LogP contribution in [0.3, 0.4) is 0 Å². The second-order valence-electron chi connectivity index (χ2n) is 4.30. The van der Waals surface area contributed by atoms with Gasteiger partial charge in [-0.1, -0.05) is 30.3 Å². The van der Waals surface area contributed by atoms with Gasteiger partial charge in [-0.3, -0.25) is 0 Å². The Bertz CT molecular complexity index is 388. The third-order valence-corrected chi connectivity index (χ3v) is 4.08. The van der Waals surface area contributed by atoms with Crippen LogP contribution < -0.4 is 5.30 Å². The first-order valence-corrected chi connectivity index (χ1v) is 7.09. The Labute approximate surface area is 91.0 Å². The van der Waals surface area contributed by atoms with E-state index in [4.69, 9.17) is 0 Å². The molecule has 1 unspecified atom stereocenters. The molecular weight excluding hydrogens is 207 g/mol. The molecule has 0 aliphatic rings. The van der Waals surface area contributed by atoms with E-state index >= 15 is 0 Å². The minimum Gasteiger partial charge on any atom is -0.386 e. The topological polar surface area (TPSA) is 37.3 Å². The molecule has 0 aromatic heterocycles. The molecule has 0 saturated carbocycles. The van der Waals surface area contributed by atoms with Crippen LogP contribution in [0.2, 0.25) is 0 Å². The second-order valence-corrected chi connectivity index (χ2v) is 7.09.